The van der Waals surface area contributed by atoms with Crippen molar-refractivity contribution >= 4 is 17.5 Å². The number of hydrogen-bond donors (Lipinski definition) is 2. The molecule has 0 saturated heterocycles. The Morgan fingerprint density at radius 2 is 1.87 bits per heavy atom. The molecule has 4 aliphatic rings. The van der Waals surface area contributed by atoms with Gasteiger partial charge in [0.2, 0.25) is 0 Å². The number of carboxylic acid groups (broad SMARTS) is 1. The molecule has 2 heterocycles. The zero-order chi connectivity index (χ0) is 21.2. The van der Waals surface area contributed by atoms with Crippen molar-refractivity contribution in [1.82, 2.24) is 14.7 Å². The van der Waals surface area contributed by atoms with Gasteiger partial charge in [0.1, 0.15) is 11.3 Å². The lowest BCUT2D eigenvalue weighted by Crippen LogP contribution is -2.40. The molecule has 7 rings (SSSR count). The van der Waals surface area contributed by atoms with E-state index >= 15 is 0 Å². The largest absolute Gasteiger partial charge is 0.478 e. The van der Waals surface area contributed by atoms with Gasteiger partial charge in [-0.2, -0.15) is 0 Å². The second-order valence-corrected chi connectivity index (χ2v) is 9.80. The monoisotopic (exact) mass is 415 g/mol. The first kappa shape index (κ1) is 18.6. The van der Waals surface area contributed by atoms with E-state index in [2.05, 4.69) is 10.3 Å². The third-order valence-electron chi connectivity index (χ3n) is 7.80. The van der Waals surface area contributed by atoms with Crippen LogP contribution in [-0.4, -0.2) is 32.9 Å². The maximum Gasteiger partial charge on any atom is 0.335 e. The van der Waals surface area contributed by atoms with Crippen LogP contribution in [0.1, 0.15) is 53.0 Å². The summed E-state index contributed by atoms with van der Waals surface area (Å²) in [6, 6.07) is 12.2. The summed E-state index contributed by atoms with van der Waals surface area (Å²) in [5.41, 5.74) is 3.10. The second kappa shape index (κ2) is 6.67. The second-order valence-electron chi connectivity index (χ2n) is 9.80. The highest BCUT2D eigenvalue weighted by Crippen LogP contribution is 2.63. The van der Waals surface area contributed by atoms with E-state index in [0.29, 0.717) is 28.0 Å². The minimum Gasteiger partial charge on any atom is -0.478 e. The smallest absolute Gasteiger partial charge is 0.335 e. The minimum absolute atomic E-state index is 0.0779. The minimum atomic E-state index is -0.973. The van der Waals surface area contributed by atoms with Gasteiger partial charge in [0.25, 0.3) is 5.91 Å². The van der Waals surface area contributed by atoms with Gasteiger partial charge in [0, 0.05) is 18.3 Å². The lowest BCUT2D eigenvalue weighted by atomic mass is 9.69. The van der Waals surface area contributed by atoms with E-state index in [0.717, 1.165) is 24.3 Å². The molecule has 4 bridgehead atoms. The molecule has 4 fully saturated rings. The van der Waals surface area contributed by atoms with Crippen LogP contribution >= 0.6 is 0 Å². The lowest BCUT2D eigenvalue weighted by Gasteiger charge is -2.38. The summed E-state index contributed by atoms with van der Waals surface area (Å²) in [5, 5.41) is 12.5. The number of aromatic nitrogens is 2. The predicted molar refractivity (Wildman–Crippen MR) is 116 cm³/mol. The van der Waals surface area contributed by atoms with Crippen molar-refractivity contribution in [3.63, 3.8) is 0 Å². The number of amides is 1. The Morgan fingerprint density at radius 3 is 2.61 bits per heavy atom. The Labute approximate surface area is 180 Å². The normalized spacial score (nSPS) is 28.3. The standard InChI is InChI=1S/C25H25N3O3/c29-23(26-14-25-10-15-7-18(11-25)19(8-15)12-25)21-5-2-6-22-27-20(13-28(21)22)16-3-1-4-17(9-16)24(30)31/h1-6,9,13,15,18-19H,7-8,10-12,14H2,(H,26,29)(H,30,31). The van der Waals surface area contributed by atoms with Gasteiger partial charge >= 0.3 is 5.97 Å². The first-order chi connectivity index (χ1) is 15.0. The van der Waals surface area contributed by atoms with Crippen molar-refractivity contribution in [2.24, 2.45) is 23.2 Å². The number of fused-ring (bicyclic) bond motifs is 1. The molecule has 1 amide bonds. The number of pyridine rings is 1. The molecule has 0 spiro atoms. The first-order valence-corrected chi connectivity index (χ1v) is 11.1. The Kier molecular flexibility index (Phi) is 4.01. The molecule has 1 aromatic carbocycles. The third-order valence-corrected chi connectivity index (χ3v) is 7.80. The molecule has 3 aromatic rings. The van der Waals surface area contributed by atoms with Crippen molar-refractivity contribution in [1.29, 1.82) is 0 Å². The van der Waals surface area contributed by atoms with Gasteiger partial charge in [-0.25, -0.2) is 9.78 Å². The molecule has 0 aliphatic heterocycles. The zero-order valence-electron chi connectivity index (χ0n) is 17.3. The molecular weight excluding hydrogens is 390 g/mol. The third kappa shape index (κ3) is 3.04. The van der Waals surface area contributed by atoms with Crippen LogP contribution in [0.2, 0.25) is 0 Å². The summed E-state index contributed by atoms with van der Waals surface area (Å²) in [4.78, 5) is 29.0. The Hall–Kier alpha value is -3.15. The SMILES string of the molecule is O=C(O)c1cccc(-c2cn3c(C(=O)NCC45CC6CC(C4)C(C6)C5)cccc3n2)c1. The molecule has 158 valence electrons. The number of hydrogen-bond acceptors (Lipinski definition) is 3. The van der Waals surface area contributed by atoms with Gasteiger partial charge < -0.3 is 10.4 Å². The van der Waals surface area contributed by atoms with Crippen molar-refractivity contribution in [3.05, 3.63) is 59.9 Å². The Bertz CT molecular complexity index is 1190. The fourth-order valence-electron chi connectivity index (χ4n) is 6.70. The predicted octanol–water partition coefficient (Wildman–Crippen LogP) is 4.26. The molecule has 0 radical (unpaired) electrons. The van der Waals surface area contributed by atoms with E-state index in [4.69, 9.17) is 0 Å². The summed E-state index contributed by atoms with van der Waals surface area (Å²) in [6.07, 6.45) is 8.42. The number of carbonyl (C=O) groups excluding carboxylic acids is 1. The summed E-state index contributed by atoms with van der Waals surface area (Å²) in [6.45, 7) is 0.758. The van der Waals surface area contributed by atoms with Crippen LogP contribution in [0.5, 0.6) is 0 Å². The van der Waals surface area contributed by atoms with Gasteiger partial charge in [0.05, 0.1) is 11.3 Å². The van der Waals surface area contributed by atoms with E-state index < -0.39 is 5.97 Å². The number of nitrogens with zero attached hydrogens (tertiary/aromatic N) is 2. The van der Waals surface area contributed by atoms with Crippen molar-refractivity contribution in [2.75, 3.05) is 6.54 Å². The summed E-state index contributed by atoms with van der Waals surface area (Å²) >= 11 is 0. The van der Waals surface area contributed by atoms with Gasteiger partial charge in [-0.15, -0.1) is 0 Å². The number of imidazole rings is 1. The van der Waals surface area contributed by atoms with Crippen LogP contribution in [0.3, 0.4) is 0 Å². The van der Waals surface area contributed by atoms with Crippen LogP contribution in [0.4, 0.5) is 0 Å². The summed E-state index contributed by atoms with van der Waals surface area (Å²) in [7, 11) is 0. The van der Waals surface area contributed by atoms with Crippen molar-refractivity contribution in [3.8, 4) is 11.3 Å². The topological polar surface area (TPSA) is 83.7 Å². The maximum absolute atomic E-state index is 13.1. The quantitative estimate of drug-likeness (QED) is 0.652. The highest BCUT2D eigenvalue weighted by Gasteiger charge is 2.55. The van der Waals surface area contributed by atoms with Crippen LogP contribution in [-0.2, 0) is 0 Å². The number of aromatic carboxylic acids is 1. The Balaban J connectivity index is 1.26. The zero-order valence-corrected chi connectivity index (χ0v) is 17.3. The number of nitrogens with one attached hydrogen (secondary N) is 1. The average Bonchev–Trinajstić information content (AvgIpc) is 3.40. The maximum atomic E-state index is 13.1. The summed E-state index contributed by atoms with van der Waals surface area (Å²) < 4.78 is 1.80. The molecule has 2 N–H and O–H groups in total. The molecule has 4 saturated carbocycles. The molecule has 31 heavy (non-hydrogen) atoms. The molecule has 6 nitrogen and oxygen atoms in total. The highest BCUT2D eigenvalue weighted by atomic mass is 16.4. The van der Waals surface area contributed by atoms with Crippen LogP contribution in [0.25, 0.3) is 16.9 Å². The number of carbonyl (C=O) groups is 2. The fourth-order valence-corrected chi connectivity index (χ4v) is 6.70. The highest BCUT2D eigenvalue weighted by molar-refractivity contribution is 5.93. The lowest BCUT2D eigenvalue weighted by molar-refractivity contribution is 0.0696. The van der Waals surface area contributed by atoms with E-state index in [1.54, 1.807) is 22.6 Å². The first-order valence-electron chi connectivity index (χ1n) is 11.1. The van der Waals surface area contributed by atoms with Gasteiger partial charge in [-0.05, 0) is 79.5 Å². The molecule has 2 unspecified atom stereocenters. The van der Waals surface area contributed by atoms with Crippen molar-refractivity contribution < 1.29 is 14.7 Å². The average molecular weight is 415 g/mol. The van der Waals surface area contributed by atoms with Gasteiger partial charge in [0.15, 0.2) is 0 Å². The van der Waals surface area contributed by atoms with E-state index in [9.17, 15) is 14.7 Å². The number of carboxylic acids is 1. The van der Waals surface area contributed by atoms with Crippen molar-refractivity contribution in [2.45, 2.75) is 32.1 Å². The molecular formula is C25H25N3O3. The number of benzene rings is 1. The number of rotatable bonds is 5. The van der Waals surface area contributed by atoms with E-state index in [1.165, 1.54) is 32.1 Å². The van der Waals surface area contributed by atoms with E-state index in [-0.39, 0.29) is 11.5 Å². The summed E-state index contributed by atoms with van der Waals surface area (Å²) in [5.74, 6) is 1.59. The van der Waals surface area contributed by atoms with Gasteiger partial charge in [-0.3, -0.25) is 9.20 Å². The van der Waals surface area contributed by atoms with Crippen LogP contribution < -0.4 is 5.32 Å². The molecule has 2 atom stereocenters. The van der Waals surface area contributed by atoms with Gasteiger partial charge in [-0.1, -0.05) is 18.2 Å². The Morgan fingerprint density at radius 1 is 1.10 bits per heavy atom. The van der Waals surface area contributed by atoms with Crippen LogP contribution in [0, 0.1) is 23.2 Å². The van der Waals surface area contributed by atoms with E-state index in [1.807, 2.05) is 30.5 Å². The van der Waals surface area contributed by atoms with Crippen LogP contribution in [0.15, 0.2) is 48.7 Å². The molecule has 2 aromatic heterocycles. The molecule has 4 aliphatic carbocycles. The fraction of sp³-hybridized carbons (Fsp3) is 0.400. The molecule has 6 heteroatoms.